The van der Waals surface area contributed by atoms with Crippen molar-refractivity contribution in [2.75, 3.05) is 7.05 Å². The molecule has 1 rings (SSSR count). The standard InChI is InChI=1S/C16H23NO3/c1-12-8-10-14(11-9-12)13(2)17(3)15(18)6-4-5-7-16(19)20/h8-11,13H,4-7H2,1-3H3,(H,19,20). The van der Waals surface area contributed by atoms with Crippen molar-refractivity contribution in [2.24, 2.45) is 0 Å². The summed E-state index contributed by atoms with van der Waals surface area (Å²) < 4.78 is 0. The fraction of sp³-hybridized carbons (Fsp3) is 0.500. The van der Waals surface area contributed by atoms with Gasteiger partial charge in [0.25, 0.3) is 0 Å². The van der Waals surface area contributed by atoms with E-state index in [9.17, 15) is 9.59 Å². The van der Waals surface area contributed by atoms with Crippen molar-refractivity contribution in [2.45, 2.75) is 45.6 Å². The number of carboxylic acids is 1. The Morgan fingerprint density at radius 2 is 1.70 bits per heavy atom. The molecule has 0 spiro atoms. The summed E-state index contributed by atoms with van der Waals surface area (Å²) in [5.74, 6) is -0.748. The number of rotatable bonds is 7. The second-order valence-corrected chi connectivity index (χ2v) is 5.19. The molecule has 0 radical (unpaired) electrons. The Kier molecular flexibility index (Phi) is 6.22. The SMILES string of the molecule is Cc1ccc(C(C)N(C)C(=O)CCCCC(=O)O)cc1. The Bertz CT molecular complexity index is 453. The molecule has 0 aliphatic rings. The third-order valence-corrected chi connectivity index (χ3v) is 3.57. The molecule has 4 heteroatoms. The maximum Gasteiger partial charge on any atom is 0.303 e. The van der Waals surface area contributed by atoms with Crippen LogP contribution in [0.3, 0.4) is 0 Å². The number of benzene rings is 1. The summed E-state index contributed by atoms with van der Waals surface area (Å²) in [6.45, 7) is 4.03. The molecule has 20 heavy (non-hydrogen) atoms. The zero-order valence-corrected chi connectivity index (χ0v) is 12.4. The highest BCUT2D eigenvalue weighted by Gasteiger charge is 2.16. The van der Waals surface area contributed by atoms with E-state index < -0.39 is 5.97 Å². The molecule has 110 valence electrons. The van der Waals surface area contributed by atoms with Gasteiger partial charge in [-0.25, -0.2) is 0 Å². The molecule has 1 amide bonds. The molecule has 0 bridgehead atoms. The lowest BCUT2D eigenvalue weighted by Gasteiger charge is -2.25. The fourth-order valence-corrected chi connectivity index (χ4v) is 2.01. The number of hydrogen-bond acceptors (Lipinski definition) is 2. The fourth-order valence-electron chi connectivity index (χ4n) is 2.01. The Morgan fingerprint density at radius 3 is 2.25 bits per heavy atom. The number of hydrogen-bond donors (Lipinski definition) is 1. The highest BCUT2D eigenvalue weighted by molar-refractivity contribution is 5.76. The topological polar surface area (TPSA) is 57.6 Å². The molecule has 1 aromatic rings. The van der Waals surface area contributed by atoms with Gasteiger partial charge in [0.1, 0.15) is 0 Å². The molecule has 1 atom stereocenters. The van der Waals surface area contributed by atoms with E-state index in [1.165, 1.54) is 5.56 Å². The minimum absolute atomic E-state index is 0.0302. The predicted octanol–water partition coefficient (Wildman–Crippen LogP) is 3.16. The van der Waals surface area contributed by atoms with Crippen LogP contribution in [0.4, 0.5) is 0 Å². The van der Waals surface area contributed by atoms with Crippen molar-refractivity contribution in [3.63, 3.8) is 0 Å². The van der Waals surface area contributed by atoms with Crippen molar-refractivity contribution in [3.05, 3.63) is 35.4 Å². The van der Waals surface area contributed by atoms with Crippen LogP contribution >= 0.6 is 0 Å². The molecule has 0 fully saturated rings. The lowest BCUT2D eigenvalue weighted by atomic mass is 10.0. The highest BCUT2D eigenvalue weighted by atomic mass is 16.4. The number of amides is 1. The number of unbranched alkanes of at least 4 members (excludes halogenated alkanes) is 1. The highest BCUT2D eigenvalue weighted by Crippen LogP contribution is 2.20. The maximum atomic E-state index is 12.0. The summed E-state index contributed by atoms with van der Waals surface area (Å²) in [7, 11) is 1.80. The van der Waals surface area contributed by atoms with Crippen LogP contribution in [-0.2, 0) is 9.59 Å². The van der Waals surface area contributed by atoms with E-state index in [2.05, 4.69) is 0 Å². The van der Waals surface area contributed by atoms with E-state index in [0.717, 1.165) is 5.56 Å². The molecular weight excluding hydrogens is 254 g/mol. The molecular formula is C16H23NO3. The monoisotopic (exact) mass is 277 g/mol. The third kappa shape index (κ3) is 5.03. The first-order chi connectivity index (χ1) is 9.41. The number of aryl methyl sites for hydroxylation is 1. The van der Waals surface area contributed by atoms with E-state index in [1.807, 2.05) is 38.1 Å². The summed E-state index contributed by atoms with van der Waals surface area (Å²) in [5, 5.41) is 8.55. The normalized spacial score (nSPS) is 11.9. The summed E-state index contributed by atoms with van der Waals surface area (Å²) in [6.07, 6.45) is 1.70. The van der Waals surface area contributed by atoms with Gasteiger partial charge in [0, 0.05) is 19.9 Å². The number of carbonyl (C=O) groups is 2. The molecule has 0 saturated heterocycles. The average Bonchev–Trinajstić information content (AvgIpc) is 2.42. The van der Waals surface area contributed by atoms with Crippen LogP contribution in [0.2, 0.25) is 0 Å². The first kappa shape index (κ1) is 16.2. The number of carboxylic acid groups (broad SMARTS) is 1. The molecule has 0 aliphatic carbocycles. The molecule has 0 heterocycles. The van der Waals surface area contributed by atoms with Gasteiger partial charge in [-0.15, -0.1) is 0 Å². The van der Waals surface area contributed by atoms with Gasteiger partial charge >= 0.3 is 5.97 Å². The van der Waals surface area contributed by atoms with Crippen LogP contribution < -0.4 is 0 Å². The van der Waals surface area contributed by atoms with Gasteiger partial charge in [0.05, 0.1) is 6.04 Å². The van der Waals surface area contributed by atoms with Gasteiger partial charge < -0.3 is 10.0 Å². The van der Waals surface area contributed by atoms with Crippen molar-refractivity contribution in [3.8, 4) is 0 Å². The van der Waals surface area contributed by atoms with E-state index in [-0.39, 0.29) is 18.4 Å². The Balaban J connectivity index is 2.47. The average molecular weight is 277 g/mol. The Morgan fingerprint density at radius 1 is 1.15 bits per heavy atom. The van der Waals surface area contributed by atoms with Crippen LogP contribution in [0, 0.1) is 6.92 Å². The smallest absolute Gasteiger partial charge is 0.303 e. The molecule has 0 aromatic heterocycles. The summed E-state index contributed by atoms with van der Waals surface area (Å²) >= 11 is 0. The zero-order valence-electron chi connectivity index (χ0n) is 12.4. The van der Waals surface area contributed by atoms with Crippen LogP contribution in [0.15, 0.2) is 24.3 Å². The largest absolute Gasteiger partial charge is 0.481 e. The van der Waals surface area contributed by atoms with Crippen LogP contribution in [0.5, 0.6) is 0 Å². The molecule has 1 unspecified atom stereocenters. The number of nitrogens with zero attached hydrogens (tertiary/aromatic N) is 1. The van der Waals surface area contributed by atoms with Crippen LogP contribution in [-0.4, -0.2) is 28.9 Å². The second kappa shape index (κ2) is 7.68. The number of aliphatic carboxylic acids is 1. The lowest BCUT2D eigenvalue weighted by molar-refractivity contribution is -0.137. The van der Waals surface area contributed by atoms with Crippen molar-refractivity contribution in [1.82, 2.24) is 4.90 Å². The predicted molar refractivity (Wildman–Crippen MR) is 78.5 cm³/mol. The first-order valence-corrected chi connectivity index (χ1v) is 6.96. The Labute approximate surface area is 120 Å². The van der Waals surface area contributed by atoms with Crippen LogP contribution in [0.1, 0.15) is 49.8 Å². The van der Waals surface area contributed by atoms with Crippen LogP contribution in [0.25, 0.3) is 0 Å². The minimum Gasteiger partial charge on any atom is -0.481 e. The van der Waals surface area contributed by atoms with Gasteiger partial charge in [-0.3, -0.25) is 9.59 Å². The third-order valence-electron chi connectivity index (χ3n) is 3.57. The van der Waals surface area contributed by atoms with Crippen molar-refractivity contribution < 1.29 is 14.7 Å². The van der Waals surface area contributed by atoms with E-state index >= 15 is 0 Å². The quantitative estimate of drug-likeness (QED) is 0.779. The summed E-state index contributed by atoms with van der Waals surface area (Å²) in [4.78, 5) is 24.2. The molecule has 0 aliphatic heterocycles. The second-order valence-electron chi connectivity index (χ2n) is 5.19. The molecule has 0 saturated carbocycles. The van der Waals surface area contributed by atoms with Crippen molar-refractivity contribution >= 4 is 11.9 Å². The number of carbonyl (C=O) groups excluding carboxylic acids is 1. The maximum absolute atomic E-state index is 12.0. The van der Waals surface area contributed by atoms with Crippen molar-refractivity contribution in [1.29, 1.82) is 0 Å². The Hall–Kier alpha value is -1.84. The van der Waals surface area contributed by atoms with E-state index in [4.69, 9.17) is 5.11 Å². The lowest BCUT2D eigenvalue weighted by Crippen LogP contribution is -2.29. The molecule has 1 N–H and O–H groups in total. The molecule has 1 aromatic carbocycles. The minimum atomic E-state index is -0.807. The van der Waals surface area contributed by atoms with Gasteiger partial charge in [-0.05, 0) is 32.3 Å². The summed E-state index contributed by atoms with van der Waals surface area (Å²) in [5.41, 5.74) is 2.31. The summed E-state index contributed by atoms with van der Waals surface area (Å²) in [6, 6.07) is 8.18. The van der Waals surface area contributed by atoms with Gasteiger partial charge in [-0.2, -0.15) is 0 Å². The zero-order chi connectivity index (χ0) is 15.1. The molecule has 4 nitrogen and oxygen atoms in total. The van der Waals surface area contributed by atoms with E-state index in [0.29, 0.717) is 19.3 Å². The van der Waals surface area contributed by atoms with Gasteiger partial charge in [0.2, 0.25) is 5.91 Å². The van der Waals surface area contributed by atoms with Gasteiger partial charge in [0.15, 0.2) is 0 Å². The van der Waals surface area contributed by atoms with Gasteiger partial charge in [-0.1, -0.05) is 29.8 Å². The van der Waals surface area contributed by atoms with E-state index in [1.54, 1.807) is 11.9 Å². The first-order valence-electron chi connectivity index (χ1n) is 6.96.